The summed E-state index contributed by atoms with van der Waals surface area (Å²) < 4.78 is 0. The first-order chi connectivity index (χ1) is 15.0. The average Bonchev–Trinajstić information content (AvgIpc) is 2.78. The van der Waals surface area contributed by atoms with Crippen molar-refractivity contribution in [1.29, 1.82) is 0 Å². The van der Waals surface area contributed by atoms with Gasteiger partial charge in [0.2, 0.25) is 11.9 Å². The second-order valence-corrected chi connectivity index (χ2v) is 8.57. The molecule has 2 heterocycles. The van der Waals surface area contributed by atoms with E-state index in [2.05, 4.69) is 15.6 Å². The van der Waals surface area contributed by atoms with Gasteiger partial charge < -0.3 is 15.5 Å². The SMILES string of the molecule is CN(C)c1nc(NC2CCC(C(=O)NCc3ccc(Cl)nc3)CC2)nc2ccccc12. The van der Waals surface area contributed by atoms with Crippen LogP contribution in [0.2, 0.25) is 5.15 Å². The lowest BCUT2D eigenvalue weighted by Gasteiger charge is -2.28. The first kappa shape index (κ1) is 21.3. The van der Waals surface area contributed by atoms with Crippen LogP contribution in [0.4, 0.5) is 11.8 Å². The molecule has 7 nitrogen and oxygen atoms in total. The molecule has 4 rings (SSSR count). The number of anilines is 2. The molecule has 1 aromatic carbocycles. The van der Waals surface area contributed by atoms with Crippen LogP contribution >= 0.6 is 11.6 Å². The van der Waals surface area contributed by atoms with E-state index in [-0.39, 0.29) is 17.9 Å². The van der Waals surface area contributed by atoms with Crippen molar-refractivity contribution in [2.24, 2.45) is 5.92 Å². The van der Waals surface area contributed by atoms with Gasteiger partial charge in [0.05, 0.1) is 5.52 Å². The lowest BCUT2D eigenvalue weighted by Crippen LogP contribution is -2.36. The Labute approximate surface area is 187 Å². The molecule has 0 unspecified atom stereocenters. The molecule has 1 amide bonds. The number of benzene rings is 1. The zero-order chi connectivity index (χ0) is 21.8. The lowest BCUT2D eigenvalue weighted by atomic mass is 9.85. The van der Waals surface area contributed by atoms with Crippen LogP contribution in [0.25, 0.3) is 10.9 Å². The minimum absolute atomic E-state index is 0.0353. The van der Waals surface area contributed by atoms with Crippen molar-refractivity contribution in [3.63, 3.8) is 0 Å². The molecule has 1 saturated carbocycles. The van der Waals surface area contributed by atoms with E-state index < -0.39 is 0 Å². The van der Waals surface area contributed by atoms with Gasteiger partial charge in [0, 0.05) is 44.2 Å². The highest BCUT2D eigenvalue weighted by Gasteiger charge is 2.26. The molecule has 162 valence electrons. The summed E-state index contributed by atoms with van der Waals surface area (Å²) >= 11 is 5.80. The fraction of sp³-hybridized carbons (Fsp3) is 0.391. The Bertz CT molecular complexity index is 1050. The number of amides is 1. The molecular formula is C23H27ClN6O. The third-order valence-corrected chi connectivity index (χ3v) is 5.92. The molecule has 1 aliphatic carbocycles. The molecular weight excluding hydrogens is 412 g/mol. The molecule has 0 saturated heterocycles. The summed E-state index contributed by atoms with van der Waals surface area (Å²) in [5, 5.41) is 8.00. The van der Waals surface area contributed by atoms with Crippen LogP contribution in [0.5, 0.6) is 0 Å². The number of hydrogen-bond acceptors (Lipinski definition) is 6. The monoisotopic (exact) mass is 438 g/mol. The van der Waals surface area contributed by atoms with Gasteiger partial charge in [0.1, 0.15) is 11.0 Å². The summed E-state index contributed by atoms with van der Waals surface area (Å²) in [7, 11) is 3.98. The van der Waals surface area contributed by atoms with Crippen molar-refractivity contribution in [3.05, 3.63) is 53.3 Å². The average molecular weight is 439 g/mol. The fourth-order valence-corrected chi connectivity index (χ4v) is 4.10. The highest BCUT2D eigenvalue weighted by Crippen LogP contribution is 2.28. The molecule has 0 aliphatic heterocycles. The molecule has 0 atom stereocenters. The Morgan fingerprint density at radius 1 is 1.10 bits per heavy atom. The fourth-order valence-electron chi connectivity index (χ4n) is 3.99. The van der Waals surface area contributed by atoms with Crippen molar-refractivity contribution in [3.8, 4) is 0 Å². The summed E-state index contributed by atoms with van der Waals surface area (Å²) in [6, 6.07) is 11.9. The van der Waals surface area contributed by atoms with Crippen LogP contribution in [0.1, 0.15) is 31.2 Å². The number of carbonyl (C=O) groups excluding carboxylic acids is 1. The Morgan fingerprint density at radius 2 is 1.87 bits per heavy atom. The van der Waals surface area contributed by atoms with E-state index >= 15 is 0 Å². The van der Waals surface area contributed by atoms with Gasteiger partial charge in [-0.15, -0.1) is 0 Å². The van der Waals surface area contributed by atoms with Crippen molar-refractivity contribution in [1.82, 2.24) is 20.3 Å². The number of nitrogens with one attached hydrogen (secondary N) is 2. The third-order valence-electron chi connectivity index (χ3n) is 5.69. The number of halogens is 1. The first-order valence-electron chi connectivity index (χ1n) is 10.6. The van der Waals surface area contributed by atoms with Gasteiger partial charge in [0.25, 0.3) is 0 Å². The van der Waals surface area contributed by atoms with E-state index in [1.807, 2.05) is 49.3 Å². The second-order valence-electron chi connectivity index (χ2n) is 8.18. The largest absolute Gasteiger partial charge is 0.362 e. The molecule has 1 fully saturated rings. The van der Waals surface area contributed by atoms with Crippen molar-refractivity contribution in [2.45, 2.75) is 38.3 Å². The van der Waals surface area contributed by atoms with Gasteiger partial charge in [-0.2, -0.15) is 4.98 Å². The van der Waals surface area contributed by atoms with Crippen LogP contribution in [-0.2, 0) is 11.3 Å². The summed E-state index contributed by atoms with van der Waals surface area (Å²) in [4.78, 5) is 28.0. The zero-order valence-electron chi connectivity index (χ0n) is 17.8. The molecule has 31 heavy (non-hydrogen) atoms. The van der Waals surface area contributed by atoms with E-state index in [4.69, 9.17) is 21.6 Å². The number of nitrogens with zero attached hydrogens (tertiary/aromatic N) is 4. The number of aromatic nitrogens is 3. The van der Waals surface area contributed by atoms with Crippen LogP contribution < -0.4 is 15.5 Å². The predicted molar refractivity (Wildman–Crippen MR) is 124 cm³/mol. The zero-order valence-corrected chi connectivity index (χ0v) is 18.6. The highest BCUT2D eigenvalue weighted by molar-refractivity contribution is 6.29. The Kier molecular flexibility index (Phi) is 6.51. The minimum atomic E-state index is 0.0353. The number of pyridine rings is 1. The van der Waals surface area contributed by atoms with E-state index in [1.165, 1.54) is 0 Å². The third kappa shape index (κ3) is 5.22. The summed E-state index contributed by atoms with van der Waals surface area (Å²) in [5.74, 6) is 1.68. The molecule has 0 radical (unpaired) electrons. The van der Waals surface area contributed by atoms with Crippen LogP contribution in [0.15, 0.2) is 42.6 Å². The quantitative estimate of drug-likeness (QED) is 0.565. The highest BCUT2D eigenvalue weighted by atomic mass is 35.5. The lowest BCUT2D eigenvalue weighted by molar-refractivity contribution is -0.126. The summed E-state index contributed by atoms with van der Waals surface area (Å²) in [6.07, 6.45) is 5.20. The molecule has 0 spiro atoms. The van der Waals surface area contributed by atoms with E-state index in [0.29, 0.717) is 17.6 Å². The van der Waals surface area contributed by atoms with Crippen molar-refractivity contribution >= 4 is 40.2 Å². The summed E-state index contributed by atoms with van der Waals surface area (Å²) in [5.41, 5.74) is 1.87. The van der Waals surface area contributed by atoms with Gasteiger partial charge in [-0.1, -0.05) is 29.8 Å². The van der Waals surface area contributed by atoms with Gasteiger partial charge >= 0.3 is 0 Å². The maximum absolute atomic E-state index is 12.6. The first-order valence-corrected chi connectivity index (χ1v) is 11.0. The molecule has 0 bridgehead atoms. The van der Waals surface area contributed by atoms with E-state index in [0.717, 1.165) is 48.0 Å². The van der Waals surface area contributed by atoms with Crippen LogP contribution in [0, 0.1) is 5.92 Å². The minimum Gasteiger partial charge on any atom is -0.362 e. The van der Waals surface area contributed by atoms with E-state index in [9.17, 15) is 4.79 Å². The molecule has 1 aliphatic rings. The molecule has 2 aromatic heterocycles. The van der Waals surface area contributed by atoms with E-state index in [1.54, 1.807) is 12.3 Å². The van der Waals surface area contributed by atoms with Crippen molar-refractivity contribution in [2.75, 3.05) is 24.3 Å². The Hall–Kier alpha value is -2.93. The molecule has 8 heteroatoms. The van der Waals surface area contributed by atoms with Crippen LogP contribution in [0.3, 0.4) is 0 Å². The van der Waals surface area contributed by atoms with Gasteiger partial charge in [-0.05, 0) is 49.4 Å². The Morgan fingerprint density at radius 3 is 2.58 bits per heavy atom. The van der Waals surface area contributed by atoms with Gasteiger partial charge in [-0.3, -0.25) is 4.79 Å². The topological polar surface area (TPSA) is 83.0 Å². The summed E-state index contributed by atoms with van der Waals surface area (Å²) in [6.45, 7) is 0.472. The van der Waals surface area contributed by atoms with Gasteiger partial charge in [0.15, 0.2) is 0 Å². The van der Waals surface area contributed by atoms with Crippen molar-refractivity contribution < 1.29 is 4.79 Å². The van der Waals surface area contributed by atoms with Gasteiger partial charge in [-0.25, -0.2) is 9.97 Å². The number of fused-ring (bicyclic) bond motifs is 1. The number of para-hydroxylation sites is 1. The molecule has 3 aromatic rings. The second kappa shape index (κ2) is 9.47. The Balaban J connectivity index is 1.33. The maximum Gasteiger partial charge on any atom is 0.225 e. The van der Waals surface area contributed by atoms with Crippen LogP contribution in [-0.4, -0.2) is 41.0 Å². The predicted octanol–water partition coefficient (Wildman–Crippen LogP) is 4.03. The maximum atomic E-state index is 12.6. The molecule has 2 N–H and O–H groups in total. The number of rotatable bonds is 6. The standard InChI is InChI=1S/C23H27ClN6O/c1-30(2)21-18-5-3-4-6-19(18)28-23(29-21)27-17-10-8-16(9-11-17)22(31)26-14-15-7-12-20(24)25-13-15/h3-7,12-13,16-17H,8-11,14H2,1-2H3,(H,26,31)(H,27,28,29). The smallest absolute Gasteiger partial charge is 0.225 e. The number of carbonyl (C=O) groups is 1. The number of hydrogen-bond donors (Lipinski definition) is 2. The normalized spacial score (nSPS) is 18.5.